The highest BCUT2D eigenvalue weighted by Crippen LogP contribution is 2.30. The summed E-state index contributed by atoms with van der Waals surface area (Å²) >= 11 is 5.92. The number of amides is 1. The number of carbonyl (C=O) groups excluding carboxylic acids is 1. The minimum absolute atomic E-state index is 0.0796. The van der Waals surface area contributed by atoms with Gasteiger partial charge in [-0.2, -0.15) is 0 Å². The number of halogens is 2. The Morgan fingerprint density at radius 2 is 1.96 bits per heavy atom. The van der Waals surface area contributed by atoms with Gasteiger partial charge in [0.2, 0.25) is 0 Å². The molecule has 1 amide bonds. The smallest absolute Gasteiger partial charge is 0.254 e. The van der Waals surface area contributed by atoms with E-state index in [0.717, 1.165) is 44.6 Å². The normalized spacial score (nSPS) is 23.1. The predicted octanol–water partition coefficient (Wildman–Crippen LogP) is 3.61. The number of hydrogen-bond donors (Lipinski definition) is 0. The van der Waals surface area contributed by atoms with E-state index in [1.165, 1.54) is 6.07 Å². The summed E-state index contributed by atoms with van der Waals surface area (Å²) in [5.74, 6) is 0.161. The Labute approximate surface area is 157 Å². The highest BCUT2D eigenvalue weighted by Gasteiger charge is 2.36. The van der Waals surface area contributed by atoms with Gasteiger partial charge in [-0.1, -0.05) is 17.7 Å². The molecule has 136 valence electrons. The number of aromatic nitrogens is 1. The summed E-state index contributed by atoms with van der Waals surface area (Å²) in [5, 5.41) is 0.164. The first kappa shape index (κ1) is 17.4. The SMILES string of the molecule is O=C(c1ccncc1)N1C[C@@H]2CC[C@H](C1)N(Cc1ccc(F)c(Cl)c1)C2. The number of pyridine rings is 1. The van der Waals surface area contributed by atoms with Gasteiger partial charge in [0.15, 0.2) is 0 Å². The molecule has 0 saturated carbocycles. The van der Waals surface area contributed by atoms with E-state index in [0.29, 0.717) is 17.5 Å². The van der Waals surface area contributed by atoms with Crippen molar-refractivity contribution >= 4 is 17.5 Å². The van der Waals surface area contributed by atoms with Crippen molar-refractivity contribution in [2.45, 2.75) is 25.4 Å². The Bertz CT molecular complexity index is 801. The topological polar surface area (TPSA) is 36.4 Å². The molecule has 1 aromatic carbocycles. The predicted molar refractivity (Wildman–Crippen MR) is 98.5 cm³/mol. The van der Waals surface area contributed by atoms with E-state index in [2.05, 4.69) is 9.88 Å². The fraction of sp³-hybridized carbons (Fsp3) is 0.400. The van der Waals surface area contributed by atoms with Crippen LogP contribution in [0.5, 0.6) is 0 Å². The Kier molecular flexibility index (Phi) is 4.92. The average molecular weight is 374 g/mol. The summed E-state index contributed by atoms with van der Waals surface area (Å²) in [4.78, 5) is 21.2. The minimum Gasteiger partial charge on any atom is -0.337 e. The number of nitrogens with zero attached hydrogens (tertiary/aromatic N) is 3. The molecule has 3 aliphatic heterocycles. The van der Waals surface area contributed by atoms with Crippen LogP contribution in [0.2, 0.25) is 5.02 Å². The quantitative estimate of drug-likeness (QED) is 0.824. The van der Waals surface area contributed by atoms with Crippen molar-refractivity contribution < 1.29 is 9.18 Å². The van der Waals surface area contributed by atoms with Crippen LogP contribution in [0.1, 0.15) is 28.8 Å². The molecule has 3 fully saturated rings. The fourth-order valence-electron chi connectivity index (χ4n) is 4.09. The summed E-state index contributed by atoms with van der Waals surface area (Å²) in [6.07, 6.45) is 5.54. The van der Waals surface area contributed by atoms with Crippen molar-refractivity contribution in [3.63, 3.8) is 0 Å². The van der Waals surface area contributed by atoms with Gasteiger partial charge in [0.05, 0.1) is 5.02 Å². The highest BCUT2D eigenvalue weighted by molar-refractivity contribution is 6.30. The molecule has 2 bridgehead atoms. The first-order chi connectivity index (χ1) is 12.6. The van der Waals surface area contributed by atoms with Crippen LogP contribution in [-0.2, 0) is 6.54 Å². The number of piperidine rings is 1. The van der Waals surface area contributed by atoms with E-state index in [9.17, 15) is 9.18 Å². The van der Waals surface area contributed by atoms with E-state index >= 15 is 0 Å². The fourth-order valence-corrected chi connectivity index (χ4v) is 4.29. The zero-order chi connectivity index (χ0) is 18.1. The van der Waals surface area contributed by atoms with Crippen molar-refractivity contribution in [2.24, 2.45) is 5.92 Å². The van der Waals surface area contributed by atoms with Gasteiger partial charge in [0.1, 0.15) is 5.82 Å². The molecule has 2 atom stereocenters. The third-order valence-electron chi connectivity index (χ3n) is 5.41. The maximum Gasteiger partial charge on any atom is 0.254 e. The number of hydrogen-bond acceptors (Lipinski definition) is 3. The lowest BCUT2D eigenvalue weighted by molar-refractivity contribution is 0.0736. The molecule has 0 radical (unpaired) electrons. The van der Waals surface area contributed by atoms with Gasteiger partial charge in [-0.3, -0.25) is 14.7 Å². The van der Waals surface area contributed by atoms with Crippen LogP contribution in [0.3, 0.4) is 0 Å². The minimum atomic E-state index is -0.387. The second-order valence-electron chi connectivity index (χ2n) is 7.22. The van der Waals surface area contributed by atoms with Gasteiger partial charge >= 0.3 is 0 Å². The van der Waals surface area contributed by atoms with Gasteiger partial charge in [-0.15, -0.1) is 0 Å². The Morgan fingerprint density at radius 1 is 1.15 bits per heavy atom. The molecular formula is C20H21ClFN3O. The number of fused-ring (bicyclic) bond motifs is 4. The first-order valence-electron chi connectivity index (χ1n) is 8.97. The van der Waals surface area contributed by atoms with Crippen LogP contribution in [-0.4, -0.2) is 46.4 Å². The highest BCUT2D eigenvalue weighted by atomic mass is 35.5. The van der Waals surface area contributed by atoms with Crippen LogP contribution < -0.4 is 0 Å². The van der Waals surface area contributed by atoms with Crippen LogP contribution in [0.4, 0.5) is 4.39 Å². The molecule has 5 rings (SSSR count). The number of carbonyl (C=O) groups is 1. The number of benzene rings is 1. The summed E-state index contributed by atoms with van der Waals surface area (Å²) < 4.78 is 13.4. The summed E-state index contributed by atoms with van der Waals surface area (Å²) in [6, 6.07) is 8.78. The zero-order valence-electron chi connectivity index (χ0n) is 14.4. The van der Waals surface area contributed by atoms with Crippen LogP contribution in [0, 0.1) is 11.7 Å². The summed E-state index contributed by atoms with van der Waals surface area (Å²) in [6.45, 7) is 3.21. The molecule has 3 saturated heterocycles. The van der Waals surface area contributed by atoms with Crippen molar-refractivity contribution in [1.29, 1.82) is 0 Å². The van der Waals surface area contributed by atoms with Gasteiger partial charge in [0.25, 0.3) is 5.91 Å². The third kappa shape index (κ3) is 3.60. The summed E-state index contributed by atoms with van der Waals surface area (Å²) in [7, 11) is 0. The molecule has 0 N–H and O–H groups in total. The Balaban J connectivity index is 1.49. The van der Waals surface area contributed by atoms with E-state index in [4.69, 9.17) is 11.6 Å². The number of rotatable bonds is 3. The first-order valence-corrected chi connectivity index (χ1v) is 9.35. The lowest BCUT2D eigenvalue weighted by atomic mass is 9.94. The molecule has 1 aromatic heterocycles. The molecule has 0 spiro atoms. The lowest BCUT2D eigenvalue weighted by Crippen LogP contribution is -2.43. The third-order valence-corrected chi connectivity index (χ3v) is 5.70. The molecule has 2 aromatic rings. The van der Waals surface area contributed by atoms with Crippen LogP contribution in [0.15, 0.2) is 42.7 Å². The van der Waals surface area contributed by atoms with Gasteiger partial charge in [-0.25, -0.2) is 4.39 Å². The van der Waals surface area contributed by atoms with E-state index in [1.54, 1.807) is 36.7 Å². The molecule has 0 aliphatic carbocycles. The van der Waals surface area contributed by atoms with E-state index < -0.39 is 0 Å². The monoisotopic (exact) mass is 373 g/mol. The van der Waals surface area contributed by atoms with Crippen molar-refractivity contribution in [1.82, 2.24) is 14.8 Å². The Morgan fingerprint density at radius 3 is 2.73 bits per heavy atom. The van der Waals surface area contributed by atoms with E-state index in [-0.39, 0.29) is 16.7 Å². The van der Waals surface area contributed by atoms with Gasteiger partial charge in [0, 0.05) is 50.2 Å². The zero-order valence-corrected chi connectivity index (χ0v) is 15.2. The summed E-state index contributed by atoms with van der Waals surface area (Å²) in [5.41, 5.74) is 1.70. The molecule has 0 unspecified atom stereocenters. The van der Waals surface area contributed by atoms with Crippen LogP contribution >= 0.6 is 11.6 Å². The maximum absolute atomic E-state index is 13.4. The largest absolute Gasteiger partial charge is 0.337 e. The molecule has 6 heteroatoms. The maximum atomic E-state index is 13.4. The Hall–Kier alpha value is -1.98. The molecule has 26 heavy (non-hydrogen) atoms. The lowest BCUT2D eigenvalue weighted by Gasteiger charge is -2.36. The van der Waals surface area contributed by atoms with E-state index in [1.807, 2.05) is 4.90 Å². The van der Waals surface area contributed by atoms with Crippen molar-refractivity contribution in [2.75, 3.05) is 19.6 Å². The van der Waals surface area contributed by atoms with Crippen molar-refractivity contribution in [3.8, 4) is 0 Å². The van der Waals surface area contributed by atoms with Crippen molar-refractivity contribution in [3.05, 3.63) is 64.7 Å². The second-order valence-corrected chi connectivity index (χ2v) is 7.63. The molecule has 4 heterocycles. The molecule has 4 nitrogen and oxygen atoms in total. The van der Waals surface area contributed by atoms with Gasteiger partial charge < -0.3 is 4.90 Å². The average Bonchev–Trinajstić information content (AvgIpc) is 2.97. The standard InChI is InChI=1S/C20H21ClFN3O/c21-18-9-14(2-4-19(18)22)10-24-11-15-1-3-17(24)13-25(12-15)20(26)16-5-7-23-8-6-16/h2,4-9,15,17H,1,3,10-13H2/t15-,17-/m1/s1. The molecule has 3 aliphatic rings. The molecular weight excluding hydrogens is 353 g/mol. The van der Waals surface area contributed by atoms with Gasteiger partial charge in [-0.05, 0) is 48.6 Å². The van der Waals surface area contributed by atoms with Crippen LogP contribution in [0.25, 0.3) is 0 Å². The second kappa shape index (κ2) is 7.33.